The highest BCUT2D eigenvalue weighted by Crippen LogP contribution is 1.95. The van der Waals surface area contributed by atoms with E-state index < -0.39 is 5.97 Å². The van der Waals surface area contributed by atoms with Crippen LogP contribution in [0.4, 0.5) is 0 Å². The number of carbonyl (C=O) groups is 2. The Labute approximate surface area is 83.3 Å². The summed E-state index contributed by atoms with van der Waals surface area (Å²) in [5, 5.41) is 2.44. The second kappa shape index (κ2) is 8.10. The summed E-state index contributed by atoms with van der Waals surface area (Å²) in [6.07, 6.45) is 5.12. The minimum Gasteiger partial charge on any atom is -0.468 e. The minimum absolute atomic E-state index is 0.0674. The number of nitrogens with two attached hydrogens (primary N) is 1. The van der Waals surface area contributed by atoms with Crippen molar-refractivity contribution in [3.8, 4) is 0 Å². The van der Waals surface area contributed by atoms with Gasteiger partial charge in [0.05, 0.1) is 7.11 Å². The predicted octanol–water partition coefficient (Wildman–Crippen LogP) is -0.0817. The highest BCUT2D eigenvalue weighted by molar-refractivity contribution is 5.81. The molecular formula is C9H16N2O3. The van der Waals surface area contributed by atoms with Crippen LogP contribution in [0.3, 0.4) is 0 Å². The van der Waals surface area contributed by atoms with Gasteiger partial charge >= 0.3 is 5.97 Å². The molecule has 0 aliphatic carbocycles. The lowest BCUT2D eigenvalue weighted by Crippen LogP contribution is -2.29. The van der Waals surface area contributed by atoms with E-state index in [0.717, 1.165) is 12.8 Å². The maximum atomic E-state index is 11.1. The van der Waals surface area contributed by atoms with Gasteiger partial charge in [0, 0.05) is 6.42 Å². The van der Waals surface area contributed by atoms with Crippen LogP contribution in [0.1, 0.15) is 19.3 Å². The summed E-state index contributed by atoms with van der Waals surface area (Å²) >= 11 is 0. The third-order valence-electron chi connectivity index (χ3n) is 1.57. The number of rotatable bonds is 6. The monoisotopic (exact) mass is 200 g/mol. The van der Waals surface area contributed by atoms with Gasteiger partial charge in [-0.3, -0.25) is 9.59 Å². The highest BCUT2D eigenvalue weighted by Gasteiger charge is 2.03. The molecule has 5 nitrogen and oxygen atoms in total. The van der Waals surface area contributed by atoms with E-state index in [1.54, 1.807) is 6.08 Å². The fourth-order valence-electron chi connectivity index (χ4n) is 0.808. The molecule has 80 valence electrons. The number of allylic oxidation sites excluding steroid dienone is 1. The molecule has 0 saturated carbocycles. The fourth-order valence-corrected chi connectivity index (χ4v) is 0.808. The number of unbranched alkanes of at least 4 members (excludes halogenated alkanes) is 1. The fraction of sp³-hybridized carbons (Fsp3) is 0.556. The summed E-state index contributed by atoms with van der Waals surface area (Å²) in [7, 11) is 1.28. The third-order valence-corrected chi connectivity index (χ3v) is 1.57. The van der Waals surface area contributed by atoms with E-state index in [4.69, 9.17) is 5.73 Å². The Morgan fingerprint density at radius 3 is 2.79 bits per heavy atom. The molecule has 0 bridgehead atoms. The van der Waals surface area contributed by atoms with Crippen LogP contribution in [-0.4, -0.2) is 25.5 Å². The first-order valence-electron chi connectivity index (χ1n) is 4.41. The highest BCUT2D eigenvalue weighted by atomic mass is 16.5. The van der Waals surface area contributed by atoms with Crippen LogP contribution < -0.4 is 11.1 Å². The first-order valence-corrected chi connectivity index (χ1v) is 4.41. The van der Waals surface area contributed by atoms with E-state index in [-0.39, 0.29) is 12.5 Å². The van der Waals surface area contributed by atoms with Gasteiger partial charge in [-0.05, 0) is 19.0 Å². The lowest BCUT2D eigenvalue weighted by Gasteiger charge is -2.02. The van der Waals surface area contributed by atoms with E-state index in [1.807, 2.05) is 0 Å². The molecule has 5 heteroatoms. The Balaban J connectivity index is 3.41. The van der Waals surface area contributed by atoms with Gasteiger partial charge in [0.25, 0.3) is 0 Å². The zero-order valence-corrected chi connectivity index (χ0v) is 8.29. The smallest absolute Gasteiger partial charge is 0.325 e. The number of esters is 1. The molecular weight excluding hydrogens is 184 g/mol. The molecule has 0 spiro atoms. The van der Waals surface area contributed by atoms with Gasteiger partial charge in [-0.1, -0.05) is 6.08 Å². The van der Waals surface area contributed by atoms with Gasteiger partial charge in [-0.25, -0.2) is 0 Å². The predicted molar refractivity (Wildman–Crippen MR) is 52.2 cm³/mol. The zero-order chi connectivity index (χ0) is 10.8. The molecule has 0 aliphatic rings. The standard InChI is InChI=1S/C9H16N2O3/c1-14-9(13)7-11-8(12)5-3-2-4-6-10/h4,6H,2-3,5,7,10H2,1H3,(H,11,12)/b6-4-. The topological polar surface area (TPSA) is 81.4 Å². The van der Waals surface area contributed by atoms with Crippen molar-refractivity contribution in [2.24, 2.45) is 5.73 Å². The number of hydrogen-bond acceptors (Lipinski definition) is 4. The van der Waals surface area contributed by atoms with E-state index in [0.29, 0.717) is 6.42 Å². The first kappa shape index (κ1) is 12.5. The van der Waals surface area contributed by atoms with Crippen molar-refractivity contribution in [3.63, 3.8) is 0 Å². The van der Waals surface area contributed by atoms with Crippen molar-refractivity contribution in [3.05, 3.63) is 12.3 Å². The van der Waals surface area contributed by atoms with Gasteiger partial charge in [-0.2, -0.15) is 0 Å². The molecule has 0 rings (SSSR count). The maximum absolute atomic E-state index is 11.1. The summed E-state index contributed by atoms with van der Waals surface area (Å²) in [4.78, 5) is 21.7. The summed E-state index contributed by atoms with van der Waals surface area (Å²) < 4.78 is 4.36. The SMILES string of the molecule is COC(=O)CNC(=O)CCC/C=C\N. The molecule has 0 aromatic carbocycles. The Kier molecular flexibility index (Phi) is 7.22. The second-order valence-electron chi connectivity index (χ2n) is 2.67. The van der Waals surface area contributed by atoms with E-state index in [9.17, 15) is 9.59 Å². The van der Waals surface area contributed by atoms with Crippen LogP contribution in [-0.2, 0) is 14.3 Å². The van der Waals surface area contributed by atoms with Crippen LogP contribution >= 0.6 is 0 Å². The first-order chi connectivity index (χ1) is 6.70. The Morgan fingerprint density at radius 2 is 2.21 bits per heavy atom. The van der Waals surface area contributed by atoms with Crippen LogP contribution in [0, 0.1) is 0 Å². The van der Waals surface area contributed by atoms with E-state index in [2.05, 4.69) is 10.1 Å². The number of amides is 1. The van der Waals surface area contributed by atoms with Crippen molar-refractivity contribution in [1.29, 1.82) is 0 Å². The Hall–Kier alpha value is -1.52. The molecule has 0 atom stereocenters. The minimum atomic E-state index is -0.444. The molecule has 0 fully saturated rings. The van der Waals surface area contributed by atoms with E-state index >= 15 is 0 Å². The lowest BCUT2D eigenvalue weighted by molar-refractivity contribution is -0.141. The number of nitrogens with one attached hydrogen (secondary N) is 1. The average molecular weight is 200 g/mol. The van der Waals surface area contributed by atoms with Gasteiger partial charge in [0.2, 0.25) is 5.91 Å². The van der Waals surface area contributed by atoms with E-state index in [1.165, 1.54) is 13.3 Å². The van der Waals surface area contributed by atoms with Crippen molar-refractivity contribution >= 4 is 11.9 Å². The molecule has 0 aromatic heterocycles. The molecule has 0 radical (unpaired) electrons. The third kappa shape index (κ3) is 7.15. The average Bonchev–Trinajstić information content (AvgIpc) is 2.21. The van der Waals surface area contributed by atoms with Gasteiger partial charge in [-0.15, -0.1) is 0 Å². The van der Waals surface area contributed by atoms with Crippen LogP contribution in [0.2, 0.25) is 0 Å². The number of hydrogen-bond donors (Lipinski definition) is 2. The van der Waals surface area contributed by atoms with Crippen molar-refractivity contribution in [2.75, 3.05) is 13.7 Å². The summed E-state index contributed by atoms with van der Waals surface area (Å²) in [5.41, 5.74) is 5.12. The molecule has 0 unspecified atom stereocenters. The normalized spacial score (nSPS) is 10.1. The number of methoxy groups -OCH3 is 1. The van der Waals surface area contributed by atoms with Crippen molar-refractivity contribution < 1.29 is 14.3 Å². The number of carbonyl (C=O) groups excluding carboxylic acids is 2. The lowest BCUT2D eigenvalue weighted by atomic mass is 10.2. The van der Waals surface area contributed by atoms with Gasteiger partial charge < -0.3 is 15.8 Å². The quantitative estimate of drug-likeness (QED) is 0.464. The Bertz CT molecular complexity index is 214. The molecule has 0 aromatic rings. The zero-order valence-electron chi connectivity index (χ0n) is 8.29. The van der Waals surface area contributed by atoms with Crippen molar-refractivity contribution in [2.45, 2.75) is 19.3 Å². The molecule has 0 saturated heterocycles. The molecule has 0 aliphatic heterocycles. The molecule has 1 amide bonds. The summed E-state index contributed by atoms with van der Waals surface area (Å²) in [6.45, 7) is -0.0674. The number of ether oxygens (including phenoxy) is 1. The molecule has 3 N–H and O–H groups in total. The largest absolute Gasteiger partial charge is 0.468 e. The van der Waals surface area contributed by atoms with Crippen LogP contribution in [0.15, 0.2) is 12.3 Å². The van der Waals surface area contributed by atoms with Crippen molar-refractivity contribution in [1.82, 2.24) is 5.32 Å². The maximum Gasteiger partial charge on any atom is 0.325 e. The van der Waals surface area contributed by atoms with Crippen LogP contribution in [0.25, 0.3) is 0 Å². The Morgan fingerprint density at radius 1 is 1.50 bits per heavy atom. The summed E-state index contributed by atoms with van der Waals surface area (Å²) in [5.74, 6) is -0.596. The molecule has 14 heavy (non-hydrogen) atoms. The summed E-state index contributed by atoms with van der Waals surface area (Å²) in [6, 6.07) is 0. The van der Waals surface area contributed by atoms with Gasteiger partial charge in [0.1, 0.15) is 6.54 Å². The molecule has 0 heterocycles. The van der Waals surface area contributed by atoms with Gasteiger partial charge in [0.15, 0.2) is 0 Å². The second-order valence-corrected chi connectivity index (χ2v) is 2.67. The van der Waals surface area contributed by atoms with Crippen LogP contribution in [0.5, 0.6) is 0 Å².